The second-order valence-electron chi connectivity index (χ2n) is 3.94. The smallest absolute Gasteiger partial charge is 0.268 e. The van der Waals surface area contributed by atoms with Gasteiger partial charge >= 0.3 is 0 Å². The molecule has 0 saturated carbocycles. The Hall–Kier alpha value is -1.63. The Balaban J connectivity index is 2.46. The van der Waals surface area contributed by atoms with Gasteiger partial charge in [0.1, 0.15) is 5.69 Å². The van der Waals surface area contributed by atoms with E-state index in [9.17, 15) is 9.59 Å². The van der Waals surface area contributed by atoms with Crippen LogP contribution in [0.4, 0.5) is 5.13 Å². The zero-order chi connectivity index (χ0) is 13.5. The molecule has 0 spiro atoms. The average molecular weight is 270 g/mol. The van der Waals surface area contributed by atoms with Crippen LogP contribution in [0.15, 0.2) is 5.38 Å². The van der Waals surface area contributed by atoms with Gasteiger partial charge < -0.3 is 16.0 Å². The van der Waals surface area contributed by atoms with Crippen LogP contribution in [0.25, 0.3) is 0 Å². The van der Waals surface area contributed by atoms with Crippen molar-refractivity contribution in [2.75, 3.05) is 25.0 Å². The summed E-state index contributed by atoms with van der Waals surface area (Å²) in [6.07, 6.45) is 2.02. The summed E-state index contributed by atoms with van der Waals surface area (Å²) in [7, 11) is 1.75. The van der Waals surface area contributed by atoms with E-state index in [2.05, 4.69) is 17.2 Å². The van der Waals surface area contributed by atoms with Crippen molar-refractivity contribution in [1.29, 1.82) is 0 Å². The number of thiazole rings is 1. The van der Waals surface area contributed by atoms with Gasteiger partial charge in [-0.1, -0.05) is 13.3 Å². The number of rotatable bonds is 7. The lowest BCUT2D eigenvalue weighted by Gasteiger charge is -2.15. The number of hydrogen-bond acceptors (Lipinski definition) is 5. The lowest BCUT2D eigenvalue weighted by Crippen LogP contribution is -2.35. The second kappa shape index (κ2) is 6.95. The average Bonchev–Trinajstić information content (AvgIpc) is 2.78. The Morgan fingerprint density at radius 3 is 2.83 bits per heavy atom. The molecule has 0 radical (unpaired) electrons. The first-order chi connectivity index (χ1) is 8.54. The Kier molecular flexibility index (Phi) is 5.57. The molecule has 0 atom stereocenters. The van der Waals surface area contributed by atoms with Crippen LogP contribution >= 0.6 is 11.3 Å². The molecule has 0 fully saturated rings. The summed E-state index contributed by atoms with van der Waals surface area (Å²) in [4.78, 5) is 28.2. The van der Waals surface area contributed by atoms with E-state index in [1.807, 2.05) is 0 Å². The van der Waals surface area contributed by atoms with Gasteiger partial charge in [-0.15, -0.1) is 11.3 Å². The maximum atomic E-state index is 11.6. The van der Waals surface area contributed by atoms with Crippen molar-refractivity contribution in [3.63, 3.8) is 0 Å². The highest BCUT2D eigenvalue weighted by Crippen LogP contribution is 2.18. The molecule has 7 heteroatoms. The minimum atomic E-state index is -0.557. The molecule has 100 valence electrons. The van der Waals surface area contributed by atoms with Crippen LogP contribution < -0.4 is 16.0 Å². The van der Waals surface area contributed by atoms with Gasteiger partial charge in [0.25, 0.3) is 5.91 Å². The molecule has 0 bridgehead atoms. The number of anilines is 1. The van der Waals surface area contributed by atoms with E-state index in [0.29, 0.717) is 11.7 Å². The van der Waals surface area contributed by atoms with Crippen molar-refractivity contribution in [2.45, 2.75) is 19.8 Å². The third kappa shape index (κ3) is 4.33. The Bertz CT molecular complexity index is 419. The van der Waals surface area contributed by atoms with Gasteiger partial charge in [0.15, 0.2) is 5.13 Å². The molecule has 6 nitrogen and oxygen atoms in total. The van der Waals surface area contributed by atoms with E-state index >= 15 is 0 Å². The summed E-state index contributed by atoms with van der Waals surface area (Å²) in [5.41, 5.74) is 5.35. The fourth-order valence-corrected chi connectivity index (χ4v) is 2.08. The van der Waals surface area contributed by atoms with Gasteiger partial charge in [-0.2, -0.15) is 0 Å². The second-order valence-corrected chi connectivity index (χ2v) is 4.78. The first-order valence-corrected chi connectivity index (χ1v) is 6.65. The van der Waals surface area contributed by atoms with E-state index in [-0.39, 0.29) is 18.1 Å². The van der Waals surface area contributed by atoms with Crippen molar-refractivity contribution in [3.05, 3.63) is 11.1 Å². The molecular formula is C11H18N4O2S. The Labute approximate surface area is 110 Å². The van der Waals surface area contributed by atoms with E-state index in [4.69, 9.17) is 5.73 Å². The molecule has 1 aromatic heterocycles. The predicted octanol–water partition coefficient (Wildman–Crippen LogP) is 0.594. The van der Waals surface area contributed by atoms with Crippen molar-refractivity contribution < 1.29 is 9.59 Å². The molecule has 0 saturated heterocycles. The van der Waals surface area contributed by atoms with Gasteiger partial charge in [-0.3, -0.25) is 9.59 Å². The van der Waals surface area contributed by atoms with E-state index in [1.165, 1.54) is 11.3 Å². The molecule has 0 aromatic carbocycles. The molecule has 0 aliphatic heterocycles. The highest BCUT2D eigenvalue weighted by Gasteiger charge is 2.12. The Morgan fingerprint density at radius 1 is 1.56 bits per heavy atom. The molecule has 0 aliphatic carbocycles. The van der Waals surface area contributed by atoms with Crippen LogP contribution in [0.3, 0.4) is 0 Å². The molecule has 1 heterocycles. The van der Waals surface area contributed by atoms with Crippen LogP contribution in [-0.2, 0) is 4.79 Å². The molecule has 3 N–H and O–H groups in total. The monoisotopic (exact) mass is 270 g/mol. The molecule has 2 amide bonds. The normalized spacial score (nSPS) is 10.1. The number of carbonyl (C=O) groups excluding carboxylic acids is 2. The first-order valence-electron chi connectivity index (χ1n) is 5.77. The largest absolute Gasteiger partial charge is 0.364 e. The zero-order valence-corrected chi connectivity index (χ0v) is 11.4. The van der Waals surface area contributed by atoms with Gasteiger partial charge in [-0.25, -0.2) is 4.98 Å². The number of aromatic nitrogens is 1. The van der Waals surface area contributed by atoms with Crippen LogP contribution in [-0.4, -0.2) is 36.9 Å². The van der Waals surface area contributed by atoms with Gasteiger partial charge in [-0.05, 0) is 6.42 Å². The molecule has 0 unspecified atom stereocenters. The predicted molar refractivity (Wildman–Crippen MR) is 71.8 cm³/mol. The summed E-state index contributed by atoms with van der Waals surface area (Å²) in [6.45, 7) is 2.97. The summed E-state index contributed by atoms with van der Waals surface area (Å²) in [6, 6.07) is 0. The topological polar surface area (TPSA) is 88.3 Å². The van der Waals surface area contributed by atoms with Crippen molar-refractivity contribution in [2.24, 2.45) is 5.73 Å². The highest BCUT2D eigenvalue weighted by molar-refractivity contribution is 7.13. The summed E-state index contributed by atoms with van der Waals surface area (Å²) < 4.78 is 0. The third-order valence-electron chi connectivity index (χ3n) is 2.30. The van der Waals surface area contributed by atoms with Crippen molar-refractivity contribution >= 4 is 28.3 Å². The zero-order valence-electron chi connectivity index (χ0n) is 10.6. The molecule has 0 aliphatic rings. The number of nitrogens with one attached hydrogen (secondary N) is 1. The van der Waals surface area contributed by atoms with Crippen LogP contribution in [0.1, 0.15) is 30.3 Å². The van der Waals surface area contributed by atoms with Crippen LogP contribution in [0.5, 0.6) is 0 Å². The number of hydrogen-bond donors (Lipinski definition) is 2. The minimum absolute atomic E-state index is 0.0539. The van der Waals surface area contributed by atoms with E-state index in [1.54, 1.807) is 17.3 Å². The van der Waals surface area contributed by atoms with Gasteiger partial charge in [0, 0.05) is 19.0 Å². The molecule has 18 heavy (non-hydrogen) atoms. The number of nitrogens with zero attached hydrogens (tertiary/aromatic N) is 2. The number of primary amides is 1. The first kappa shape index (κ1) is 14.4. The molecule has 1 rings (SSSR count). The number of likely N-dealkylation sites (N-methyl/N-ethyl adjacent to an activating group) is 1. The summed E-state index contributed by atoms with van der Waals surface area (Å²) >= 11 is 1.29. The lowest BCUT2D eigenvalue weighted by atomic mass is 10.3. The van der Waals surface area contributed by atoms with Crippen LogP contribution in [0.2, 0.25) is 0 Å². The standard InChI is InChI=1S/C11H18N4O2S/c1-3-4-5-13-9(16)6-15(2)11-14-8(7-18-11)10(12)17/h7H,3-6H2,1-2H3,(H2,12,17)(H,13,16). The molecule has 1 aromatic rings. The summed E-state index contributed by atoms with van der Waals surface area (Å²) in [5, 5.41) is 5.01. The number of nitrogens with two attached hydrogens (primary N) is 1. The maximum absolute atomic E-state index is 11.6. The van der Waals surface area contributed by atoms with Gasteiger partial charge in [0.2, 0.25) is 5.91 Å². The number of amides is 2. The Morgan fingerprint density at radius 2 is 2.28 bits per heavy atom. The lowest BCUT2D eigenvalue weighted by molar-refractivity contribution is -0.119. The van der Waals surface area contributed by atoms with E-state index < -0.39 is 5.91 Å². The maximum Gasteiger partial charge on any atom is 0.268 e. The number of unbranched alkanes of at least 4 members (excludes halogenated alkanes) is 1. The SMILES string of the molecule is CCCCNC(=O)CN(C)c1nc(C(N)=O)cs1. The fraction of sp³-hybridized carbons (Fsp3) is 0.545. The van der Waals surface area contributed by atoms with E-state index in [0.717, 1.165) is 12.8 Å². The van der Waals surface area contributed by atoms with Crippen molar-refractivity contribution in [1.82, 2.24) is 10.3 Å². The fourth-order valence-electron chi connectivity index (χ4n) is 1.30. The summed E-state index contributed by atoms with van der Waals surface area (Å²) in [5.74, 6) is -0.611. The number of carbonyl (C=O) groups is 2. The third-order valence-corrected chi connectivity index (χ3v) is 3.26. The highest BCUT2D eigenvalue weighted by atomic mass is 32.1. The quantitative estimate of drug-likeness (QED) is 0.710. The molecular weight excluding hydrogens is 252 g/mol. The van der Waals surface area contributed by atoms with Gasteiger partial charge in [0.05, 0.1) is 6.54 Å². The minimum Gasteiger partial charge on any atom is -0.364 e. The van der Waals surface area contributed by atoms with Crippen LogP contribution in [0, 0.1) is 0 Å². The van der Waals surface area contributed by atoms with Crippen molar-refractivity contribution in [3.8, 4) is 0 Å².